The third kappa shape index (κ3) is 4.02. The van der Waals surface area contributed by atoms with Crippen LogP contribution in [0.25, 0.3) is 0 Å². The van der Waals surface area contributed by atoms with Crippen molar-refractivity contribution in [1.82, 2.24) is 9.47 Å². The molecule has 0 aliphatic rings. The fourth-order valence-electron chi connectivity index (χ4n) is 1.87. The third-order valence-electron chi connectivity index (χ3n) is 2.90. The first-order valence-electron chi connectivity index (χ1n) is 6.51. The van der Waals surface area contributed by atoms with E-state index in [1.54, 1.807) is 19.9 Å². The Bertz CT molecular complexity index is 715. The fourth-order valence-corrected chi connectivity index (χ4v) is 1.87. The molecule has 0 aromatic carbocycles. The summed E-state index contributed by atoms with van der Waals surface area (Å²) in [5, 5.41) is 19.7. The van der Waals surface area contributed by atoms with E-state index in [1.807, 2.05) is 0 Å². The van der Waals surface area contributed by atoms with Gasteiger partial charge in [0.25, 0.3) is 11.2 Å². The molecule has 1 aromatic rings. The van der Waals surface area contributed by atoms with Gasteiger partial charge in [-0.1, -0.05) is 12.2 Å². The van der Waals surface area contributed by atoms with Crippen molar-refractivity contribution in [2.75, 3.05) is 13.1 Å². The van der Waals surface area contributed by atoms with Crippen LogP contribution in [0.5, 0.6) is 0 Å². The van der Waals surface area contributed by atoms with Gasteiger partial charge in [0.05, 0.1) is 11.1 Å². The number of aromatic nitrogens is 1. The highest BCUT2D eigenvalue weighted by Gasteiger charge is 2.18. The van der Waals surface area contributed by atoms with Gasteiger partial charge in [0, 0.05) is 19.2 Å². The van der Waals surface area contributed by atoms with Crippen molar-refractivity contribution in [2.45, 2.75) is 20.4 Å². The predicted molar refractivity (Wildman–Crippen MR) is 79.1 cm³/mol. The van der Waals surface area contributed by atoms with Crippen LogP contribution in [0.2, 0.25) is 0 Å². The Labute approximate surface area is 127 Å². The van der Waals surface area contributed by atoms with Crippen LogP contribution < -0.4 is 5.56 Å². The second kappa shape index (κ2) is 7.17. The summed E-state index contributed by atoms with van der Waals surface area (Å²) in [5.41, 5.74) is -0.732. The van der Waals surface area contributed by atoms with E-state index in [4.69, 9.17) is 5.26 Å². The zero-order chi connectivity index (χ0) is 16.9. The van der Waals surface area contributed by atoms with Gasteiger partial charge in [0.2, 0.25) is 5.91 Å². The van der Waals surface area contributed by atoms with Crippen molar-refractivity contribution in [1.29, 1.82) is 5.26 Å². The number of carbonyl (C=O) groups excluding carboxylic acids is 1. The van der Waals surface area contributed by atoms with Gasteiger partial charge in [-0.15, -0.1) is 0 Å². The molecule has 1 aromatic heterocycles. The molecule has 1 amide bonds. The van der Waals surface area contributed by atoms with Gasteiger partial charge in [-0.2, -0.15) is 5.26 Å². The number of hydrogen-bond donors (Lipinski definition) is 0. The molecule has 1 rings (SSSR count). The molecule has 0 atom stereocenters. The van der Waals surface area contributed by atoms with Crippen LogP contribution in [0.1, 0.15) is 19.4 Å². The van der Waals surface area contributed by atoms with Crippen molar-refractivity contribution in [3.8, 4) is 6.07 Å². The van der Waals surface area contributed by atoms with Gasteiger partial charge < -0.3 is 4.90 Å². The second-order valence-electron chi connectivity index (χ2n) is 4.78. The highest BCUT2D eigenvalue weighted by Crippen LogP contribution is 2.10. The average Bonchev–Trinajstić information content (AvgIpc) is 2.46. The van der Waals surface area contributed by atoms with Gasteiger partial charge in [-0.25, -0.2) is 0 Å². The fraction of sp³-hybridized carbons (Fsp3) is 0.357. The molecular weight excluding hydrogens is 288 g/mol. The van der Waals surface area contributed by atoms with Crippen LogP contribution in [-0.2, 0) is 11.3 Å². The van der Waals surface area contributed by atoms with Crippen LogP contribution in [0.3, 0.4) is 0 Å². The number of hydrogen-bond acceptors (Lipinski definition) is 5. The van der Waals surface area contributed by atoms with Crippen LogP contribution in [0, 0.1) is 21.4 Å². The molecule has 0 N–H and O–H groups in total. The van der Waals surface area contributed by atoms with Crippen molar-refractivity contribution >= 4 is 11.6 Å². The quantitative estimate of drug-likeness (QED) is 0.443. The monoisotopic (exact) mass is 304 g/mol. The molecule has 0 unspecified atom stereocenters. The molecule has 0 spiro atoms. The first-order valence-corrected chi connectivity index (χ1v) is 6.51. The SMILES string of the molecule is C=C(C)CN(CC)C(=O)Cn1cc([N+](=O)[O-])cc(C#N)c1=O. The van der Waals surface area contributed by atoms with Gasteiger partial charge >= 0.3 is 0 Å². The molecule has 0 bridgehead atoms. The van der Waals surface area contributed by atoms with Gasteiger partial charge in [-0.3, -0.25) is 24.3 Å². The molecule has 0 fully saturated rings. The van der Waals surface area contributed by atoms with Gasteiger partial charge in [-0.05, 0) is 13.8 Å². The number of carbonyl (C=O) groups is 1. The standard InChI is InChI=1S/C14H16N4O4/c1-4-16(7-10(2)3)13(19)9-17-8-12(18(21)22)5-11(6-15)14(17)20/h5,8H,2,4,7,9H2,1,3H3. The van der Waals surface area contributed by atoms with Gasteiger partial charge in [0.1, 0.15) is 18.2 Å². The Morgan fingerprint density at radius 1 is 1.59 bits per heavy atom. The number of rotatable bonds is 6. The number of likely N-dealkylation sites (N-methyl/N-ethyl adjacent to an activating group) is 1. The number of nitrogens with zero attached hydrogens (tertiary/aromatic N) is 4. The Morgan fingerprint density at radius 3 is 2.68 bits per heavy atom. The van der Waals surface area contributed by atoms with E-state index >= 15 is 0 Å². The lowest BCUT2D eigenvalue weighted by molar-refractivity contribution is -0.385. The number of amides is 1. The third-order valence-corrected chi connectivity index (χ3v) is 2.90. The van der Waals surface area contributed by atoms with Crippen molar-refractivity contribution in [2.24, 2.45) is 0 Å². The minimum atomic E-state index is -0.729. The average molecular weight is 304 g/mol. The highest BCUT2D eigenvalue weighted by molar-refractivity contribution is 5.76. The lowest BCUT2D eigenvalue weighted by atomic mass is 10.2. The van der Waals surface area contributed by atoms with E-state index < -0.39 is 16.2 Å². The molecular formula is C14H16N4O4. The Balaban J connectivity index is 3.17. The molecule has 1 heterocycles. The van der Waals surface area contributed by atoms with E-state index in [0.29, 0.717) is 13.1 Å². The molecule has 22 heavy (non-hydrogen) atoms. The first kappa shape index (κ1) is 17.1. The normalized spacial score (nSPS) is 9.86. The molecule has 0 saturated carbocycles. The lowest BCUT2D eigenvalue weighted by Gasteiger charge is -2.21. The van der Waals surface area contributed by atoms with E-state index in [0.717, 1.165) is 22.4 Å². The highest BCUT2D eigenvalue weighted by atomic mass is 16.6. The molecule has 0 aliphatic heterocycles. The zero-order valence-electron chi connectivity index (χ0n) is 12.4. The van der Waals surface area contributed by atoms with Gasteiger partial charge in [0.15, 0.2) is 0 Å². The van der Waals surface area contributed by atoms with E-state index in [-0.39, 0.29) is 18.0 Å². The summed E-state index contributed by atoms with van der Waals surface area (Å²) in [4.78, 5) is 35.7. The molecule has 0 radical (unpaired) electrons. The van der Waals surface area contributed by atoms with E-state index in [1.165, 1.54) is 4.90 Å². The van der Waals surface area contributed by atoms with Crippen molar-refractivity contribution in [3.63, 3.8) is 0 Å². The largest absolute Gasteiger partial charge is 0.337 e. The Hall–Kier alpha value is -2.95. The summed E-state index contributed by atoms with van der Waals surface area (Å²) >= 11 is 0. The maximum atomic E-state index is 12.2. The number of nitro groups is 1. The zero-order valence-corrected chi connectivity index (χ0v) is 12.4. The van der Waals surface area contributed by atoms with Crippen LogP contribution in [-0.4, -0.2) is 33.4 Å². The van der Waals surface area contributed by atoms with E-state index in [9.17, 15) is 19.7 Å². The topological polar surface area (TPSA) is 109 Å². The van der Waals surface area contributed by atoms with Crippen LogP contribution in [0.15, 0.2) is 29.2 Å². The molecule has 8 nitrogen and oxygen atoms in total. The summed E-state index contributed by atoms with van der Waals surface area (Å²) in [7, 11) is 0. The summed E-state index contributed by atoms with van der Waals surface area (Å²) < 4.78 is 0.889. The molecule has 0 aliphatic carbocycles. The van der Waals surface area contributed by atoms with E-state index in [2.05, 4.69) is 6.58 Å². The van der Waals surface area contributed by atoms with Crippen LogP contribution in [0.4, 0.5) is 5.69 Å². The maximum Gasteiger partial charge on any atom is 0.287 e. The molecule has 0 saturated heterocycles. The summed E-state index contributed by atoms with van der Waals surface area (Å²) in [5.74, 6) is -0.378. The molecule has 116 valence electrons. The Kier molecular flexibility index (Phi) is 5.57. The molecule has 8 heteroatoms. The smallest absolute Gasteiger partial charge is 0.287 e. The predicted octanol–water partition coefficient (Wildman–Crippen LogP) is 1.05. The lowest BCUT2D eigenvalue weighted by Crippen LogP contribution is -2.37. The number of pyridine rings is 1. The van der Waals surface area contributed by atoms with Crippen molar-refractivity contribution < 1.29 is 9.72 Å². The Morgan fingerprint density at radius 2 is 2.23 bits per heavy atom. The number of nitriles is 1. The first-order chi connectivity index (χ1) is 10.3. The summed E-state index contributed by atoms with van der Waals surface area (Å²) in [6, 6.07) is 2.50. The van der Waals surface area contributed by atoms with Crippen LogP contribution >= 0.6 is 0 Å². The van der Waals surface area contributed by atoms with Crippen molar-refractivity contribution in [3.05, 3.63) is 50.4 Å². The minimum absolute atomic E-state index is 0.337. The minimum Gasteiger partial charge on any atom is -0.337 e. The maximum absolute atomic E-state index is 12.2. The summed E-state index contributed by atoms with van der Waals surface area (Å²) in [6.07, 6.45) is 0.968. The second-order valence-corrected chi connectivity index (χ2v) is 4.78. The summed E-state index contributed by atoms with van der Waals surface area (Å²) in [6.45, 7) is 7.65.